The van der Waals surface area contributed by atoms with Crippen LogP contribution in [0.25, 0.3) is 0 Å². The van der Waals surface area contributed by atoms with Crippen molar-refractivity contribution in [2.45, 2.75) is 13.0 Å². The molecule has 0 bridgehead atoms. The van der Waals surface area contributed by atoms with Crippen LogP contribution in [0, 0.1) is 0 Å². The van der Waals surface area contributed by atoms with Gasteiger partial charge in [-0.15, -0.1) is 0 Å². The Morgan fingerprint density at radius 1 is 0.871 bits per heavy atom. The molecule has 4 rings (SSSR count). The van der Waals surface area contributed by atoms with Crippen molar-refractivity contribution in [1.29, 1.82) is 0 Å². The molecule has 2 aliphatic heterocycles. The second kappa shape index (κ2) is 10.2. The zero-order valence-corrected chi connectivity index (χ0v) is 17.5. The van der Waals surface area contributed by atoms with Crippen molar-refractivity contribution in [3.63, 3.8) is 0 Å². The van der Waals surface area contributed by atoms with Crippen LogP contribution in [-0.2, 0) is 16.1 Å². The minimum atomic E-state index is -0.630. The maximum absolute atomic E-state index is 12.0. The highest BCUT2D eigenvalue weighted by Gasteiger charge is 2.18. The molecule has 2 heterocycles. The lowest BCUT2D eigenvalue weighted by Crippen LogP contribution is -2.47. The van der Waals surface area contributed by atoms with Crippen molar-refractivity contribution in [3.05, 3.63) is 54.1 Å². The van der Waals surface area contributed by atoms with Crippen molar-refractivity contribution in [3.8, 4) is 11.5 Å². The third kappa shape index (κ3) is 5.67. The largest absolute Gasteiger partial charge is 0.454 e. The average molecular weight is 425 g/mol. The summed E-state index contributed by atoms with van der Waals surface area (Å²) in [5.41, 5.74) is 2.11. The van der Waals surface area contributed by atoms with Gasteiger partial charge in [0.1, 0.15) is 0 Å². The van der Waals surface area contributed by atoms with Crippen molar-refractivity contribution in [2.75, 3.05) is 51.0 Å². The number of amides is 2. The summed E-state index contributed by atoms with van der Waals surface area (Å²) in [6, 6.07) is 15.9. The van der Waals surface area contributed by atoms with Crippen molar-refractivity contribution >= 4 is 17.5 Å². The van der Waals surface area contributed by atoms with Crippen LogP contribution in [0.2, 0.25) is 0 Å². The van der Waals surface area contributed by atoms with Crippen LogP contribution in [-0.4, -0.2) is 62.8 Å². The molecule has 0 unspecified atom stereocenters. The molecule has 164 valence electrons. The molecule has 0 saturated carbocycles. The molecule has 0 spiro atoms. The number of nitrogens with one attached hydrogen (secondary N) is 2. The van der Waals surface area contributed by atoms with Crippen molar-refractivity contribution in [2.24, 2.45) is 0 Å². The predicted octanol–water partition coefficient (Wildman–Crippen LogP) is 1.36. The Balaban J connectivity index is 1.10. The highest BCUT2D eigenvalue weighted by molar-refractivity contribution is 6.35. The minimum absolute atomic E-state index is 0.205. The summed E-state index contributed by atoms with van der Waals surface area (Å²) >= 11 is 0. The number of para-hydroxylation sites is 1. The van der Waals surface area contributed by atoms with E-state index in [1.54, 1.807) is 12.1 Å². The highest BCUT2D eigenvalue weighted by Crippen LogP contribution is 2.32. The normalized spacial score (nSPS) is 15.5. The van der Waals surface area contributed by atoms with Gasteiger partial charge >= 0.3 is 11.8 Å². The highest BCUT2D eigenvalue weighted by atomic mass is 16.7. The van der Waals surface area contributed by atoms with Gasteiger partial charge < -0.3 is 25.0 Å². The molecule has 0 aliphatic carbocycles. The fourth-order valence-corrected chi connectivity index (χ4v) is 3.77. The summed E-state index contributed by atoms with van der Waals surface area (Å²) in [5, 5.41) is 5.34. The number of hydrogen-bond acceptors (Lipinski definition) is 6. The van der Waals surface area contributed by atoms with Crippen LogP contribution < -0.4 is 25.0 Å². The lowest BCUT2D eigenvalue weighted by molar-refractivity contribution is -0.139. The Bertz CT molecular complexity index is 898. The molecule has 8 heteroatoms. The van der Waals surface area contributed by atoms with E-state index in [4.69, 9.17) is 9.47 Å². The quantitative estimate of drug-likeness (QED) is 0.516. The number of benzene rings is 2. The van der Waals surface area contributed by atoms with E-state index in [0.29, 0.717) is 18.0 Å². The Kier molecular flexibility index (Phi) is 6.89. The number of rotatable bonds is 7. The molecule has 2 aliphatic rings. The molecule has 2 amide bonds. The SMILES string of the molecule is O=C(NCCCN1CCN(c2ccccc2)CC1)C(=O)NCc1ccc2c(c1)OCO2. The standard InChI is InChI=1S/C23H28N4O4/c28-22(23(29)25-16-18-7-8-20-21(15-18)31-17-30-20)24-9-4-10-26-11-13-27(14-12-26)19-5-2-1-3-6-19/h1-3,5-8,15H,4,9-14,16-17H2,(H,24,28)(H,25,29). The van der Waals surface area contributed by atoms with E-state index in [-0.39, 0.29) is 13.3 Å². The molecule has 1 fully saturated rings. The van der Waals surface area contributed by atoms with E-state index in [9.17, 15) is 9.59 Å². The number of ether oxygens (including phenoxy) is 2. The number of piperazine rings is 1. The third-order valence-electron chi connectivity index (χ3n) is 5.53. The molecule has 8 nitrogen and oxygen atoms in total. The summed E-state index contributed by atoms with van der Waals surface area (Å²) in [7, 11) is 0. The first-order valence-corrected chi connectivity index (χ1v) is 10.7. The van der Waals surface area contributed by atoms with Gasteiger partial charge in [-0.1, -0.05) is 24.3 Å². The Hall–Kier alpha value is -3.26. The molecule has 0 atom stereocenters. The van der Waals surface area contributed by atoms with E-state index >= 15 is 0 Å². The number of hydrogen-bond donors (Lipinski definition) is 2. The monoisotopic (exact) mass is 424 g/mol. The smallest absolute Gasteiger partial charge is 0.309 e. The number of fused-ring (bicyclic) bond motifs is 1. The van der Waals surface area contributed by atoms with Crippen molar-refractivity contribution in [1.82, 2.24) is 15.5 Å². The minimum Gasteiger partial charge on any atom is -0.454 e. The summed E-state index contributed by atoms with van der Waals surface area (Å²) < 4.78 is 10.6. The van der Waals surface area contributed by atoms with E-state index in [0.717, 1.165) is 44.7 Å². The van der Waals surface area contributed by atoms with Crippen LogP contribution in [0.4, 0.5) is 5.69 Å². The van der Waals surface area contributed by atoms with Crippen LogP contribution in [0.5, 0.6) is 11.5 Å². The maximum Gasteiger partial charge on any atom is 0.309 e. The van der Waals surface area contributed by atoms with Gasteiger partial charge in [0, 0.05) is 45.0 Å². The summed E-state index contributed by atoms with van der Waals surface area (Å²) in [4.78, 5) is 28.8. The van der Waals surface area contributed by atoms with Crippen LogP contribution in [0.15, 0.2) is 48.5 Å². The number of nitrogens with zero attached hydrogens (tertiary/aromatic N) is 2. The van der Waals surface area contributed by atoms with Gasteiger partial charge in [0.25, 0.3) is 0 Å². The first-order chi connectivity index (χ1) is 15.2. The molecular formula is C23H28N4O4. The summed E-state index contributed by atoms with van der Waals surface area (Å²) in [6.45, 7) is 5.84. The fraction of sp³-hybridized carbons (Fsp3) is 0.391. The first-order valence-electron chi connectivity index (χ1n) is 10.7. The number of anilines is 1. The maximum atomic E-state index is 12.0. The van der Waals surface area contributed by atoms with E-state index in [1.807, 2.05) is 12.1 Å². The first kappa shape index (κ1) is 21.0. The third-order valence-corrected chi connectivity index (χ3v) is 5.53. The second-order valence-corrected chi connectivity index (χ2v) is 7.64. The predicted molar refractivity (Wildman–Crippen MR) is 117 cm³/mol. The zero-order chi connectivity index (χ0) is 21.5. The Morgan fingerprint density at radius 3 is 2.42 bits per heavy atom. The summed E-state index contributed by atoms with van der Waals surface area (Å²) in [6.07, 6.45) is 0.812. The molecule has 2 aromatic rings. The van der Waals surface area contributed by atoms with E-state index in [1.165, 1.54) is 5.69 Å². The topological polar surface area (TPSA) is 83.1 Å². The van der Waals surface area contributed by atoms with Gasteiger partial charge in [-0.25, -0.2) is 0 Å². The lowest BCUT2D eigenvalue weighted by atomic mass is 10.2. The average Bonchev–Trinajstić information content (AvgIpc) is 3.29. The Labute approximate surface area is 182 Å². The molecule has 0 aromatic heterocycles. The molecule has 2 aromatic carbocycles. The summed E-state index contributed by atoms with van der Waals surface area (Å²) in [5.74, 6) is 0.110. The molecular weight excluding hydrogens is 396 g/mol. The van der Waals surface area contributed by atoms with Gasteiger partial charge in [-0.2, -0.15) is 0 Å². The second-order valence-electron chi connectivity index (χ2n) is 7.64. The molecule has 2 N–H and O–H groups in total. The lowest BCUT2D eigenvalue weighted by Gasteiger charge is -2.36. The zero-order valence-electron chi connectivity index (χ0n) is 17.5. The molecule has 1 saturated heterocycles. The number of carbonyl (C=O) groups excluding carboxylic acids is 2. The number of carbonyl (C=O) groups is 2. The van der Waals surface area contributed by atoms with Crippen LogP contribution in [0.1, 0.15) is 12.0 Å². The van der Waals surface area contributed by atoms with Crippen LogP contribution in [0.3, 0.4) is 0 Å². The molecule has 31 heavy (non-hydrogen) atoms. The van der Waals surface area contributed by atoms with Gasteiger partial charge in [0.15, 0.2) is 11.5 Å². The Morgan fingerprint density at radius 2 is 1.61 bits per heavy atom. The van der Waals surface area contributed by atoms with Crippen molar-refractivity contribution < 1.29 is 19.1 Å². The van der Waals surface area contributed by atoms with Gasteiger partial charge in [0.05, 0.1) is 0 Å². The van der Waals surface area contributed by atoms with Gasteiger partial charge in [-0.3, -0.25) is 14.5 Å². The molecule has 0 radical (unpaired) electrons. The van der Waals surface area contributed by atoms with Crippen LogP contribution >= 0.6 is 0 Å². The van der Waals surface area contributed by atoms with Gasteiger partial charge in [0.2, 0.25) is 6.79 Å². The van der Waals surface area contributed by atoms with E-state index in [2.05, 4.69) is 44.7 Å². The fourth-order valence-electron chi connectivity index (χ4n) is 3.77. The van der Waals surface area contributed by atoms with Gasteiger partial charge in [-0.05, 0) is 42.8 Å². The van der Waals surface area contributed by atoms with E-state index < -0.39 is 11.8 Å².